The highest BCUT2D eigenvalue weighted by Gasteiger charge is 2.26. The lowest BCUT2D eigenvalue weighted by molar-refractivity contribution is -0.119. The highest BCUT2D eigenvalue weighted by atomic mass is 32.1. The highest BCUT2D eigenvalue weighted by Crippen LogP contribution is 2.34. The lowest BCUT2D eigenvalue weighted by Crippen LogP contribution is -2.24. The van der Waals surface area contributed by atoms with Crippen LogP contribution in [0.15, 0.2) is 12.4 Å². The molecule has 0 aliphatic heterocycles. The minimum Gasteiger partial charge on any atom is -0.462 e. The maximum atomic E-state index is 12.5. The molecule has 0 saturated carbocycles. The largest absolute Gasteiger partial charge is 0.462 e. The number of amides is 1. The van der Waals surface area contributed by atoms with E-state index in [0.29, 0.717) is 15.4 Å². The number of hydrogen-bond acceptors (Lipinski definition) is 6. The number of hydrogen-bond donors (Lipinski definition) is 1. The molecule has 1 atom stereocenters. The van der Waals surface area contributed by atoms with E-state index in [1.54, 1.807) is 37.8 Å². The molecule has 1 amide bonds. The third kappa shape index (κ3) is 3.96. The Morgan fingerprint density at radius 2 is 2.04 bits per heavy atom. The maximum Gasteiger partial charge on any atom is 0.341 e. The molecule has 0 fully saturated rings. The van der Waals surface area contributed by atoms with E-state index in [-0.39, 0.29) is 23.9 Å². The van der Waals surface area contributed by atoms with E-state index < -0.39 is 12.0 Å². The van der Waals surface area contributed by atoms with Crippen LogP contribution in [0.4, 0.5) is 5.00 Å². The van der Waals surface area contributed by atoms with Gasteiger partial charge >= 0.3 is 5.97 Å². The Bertz CT molecular complexity index is 822. The van der Waals surface area contributed by atoms with E-state index in [4.69, 9.17) is 4.74 Å². The van der Waals surface area contributed by atoms with Crippen LogP contribution in [0.5, 0.6) is 0 Å². The van der Waals surface area contributed by atoms with Gasteiger partial charge in [-0.15, -0.1) is 11.3 Å². The summed E-state index contributed by atoms with van der Waals surface area (Å²) in [6, 6.07) is -0.563. The van der Waals surface area contributed by atoms with Crippen LogP contribution in [-0.2, 0) is 9.53 Å². The first-order valence-electron chi connectivity index (χ1n) is 7.89. The van der Waals surface area contributed by atoms with Crippen LogP contribution in [0.2, 0.25) is 0 Å². The van der Waals surface area contributed by atoms with Gasteiger partial charge < -0.3 is 10.1 Å². The van der Waals surface area contributed by atoms with Crippen molar-refractivity contribution in [1.29, 1.82) is 0 Å². The Morgan fingerprint density at radius 3 is 2.56 bits per heavy atom. The van der Waals surface area contributed by atoms with E-state index in [9.17, 15) is 14.4 Å². The van der Waals surface area contributed by atoms with Crippen molar-refractivity contribution in [2.24, 2.45) is 0 Å². The Labute approximate surface area is 150 Å². The van der Waals surface area contributed by atoms with Gasteiger partial charge in [0.05, 0.1) is 23.2 Å². The smallest absolute Gasteiger partial charge is 0.341 e. The van der Waals surface area contributed by atoms with Gasteiger partial charge in [0.25, 0.3) is 0 Å². The summed E-state index contributed by atoms with van der Waals surface area (Å²) in [6.45, 7) is 8.60. The molecule has 0 saturated heterocycles. The van der Waals surface area contributed by atoms with Crippen molar-refractivity contribution in [3.05, 3.63) is 34.0 Å². The molecule has 0 aliphatic rings. The monoisotopic (exact) mass is 363 g/mol. The molecule has 25 heavy (non-hydrogen) atoms. The number of ketones is 1. The molecule has 0 aromatic carbocycles. The predicted octanol–water partition coefficient (Wildman–Crippen LogP) is 3.14. The molecule has 1 unspecified atom stereocenters. The van der Waals surface area contributed by atoms with Gasteiger partial charge in [0.15, 0.2) is 5.78 Å². The Morgan fingerprint density at radius 1 is 1.36 bits per heavy atom. The molecule has 0 aliphatic carbocycles. The van der Waals surface area contributed by atoms with Gasteiger partial charge in [0, 0.05) is 6.20 Å². The number of carbonyl (C=O) groups excluding carboxylic acids is 3. The van der Waals surface area contributed by atoms with Gasteiger partial charge in [-0.2, -0.15) is 5.10 Å². The number of anilines is 1. The number of esters is 1. The van der Waals surface area contributed by atoms with E-state index in [2.05, 4.69) is 10.4 Å². The van der Waals surface area contributed by atoms with Crippen LogP contribution in [0.1, 0.15) is 58.0 Å². The summed E-state index contributed by atoms with van der Waals surface area (Å²) >= 11 is 1.08. The normalized spacial score (nSPS) is 11.9. The SMILES string of the molecule is CCOC(=O)c1c(NC(=O)C(C)n2cc(C)cn2)sc(C(C)=O)c1C. The summed E-state index contributed by atoms with van der Waals surface area (Å²) in [7, 11) is 0. The number of nitrogens with one attached hydrogen (secondary N) is 1. The molecular weight excluding hydrogens is 342 g/mol. The minimum absolute atomic E-state index is 0.163. The van der Waals surface area contributed by atoms with E-state index in [0.717, 1.165) is 16.9 Å². The zero-order valence-electron chi connectivity index (χ0n) is 14.9. The zero-order chi connectivity index (χ0) is 18.7. The van der Waals surface area contributed by atoms with Crippen LogP contribution in [-0.4, -0.2) is 34.0 Å². The molecular formula is C17H21N3O4S. The first-order valence-corrected chi connectivity index (χ1v) is 8.70. The first-order chi connectivity index (χ1) is 11.8. The van der Waals surface area contributed by atoms with Crippen molar-refractivity contribution in [2.75, 3.05) is 11.9 Å². The summed E-state index contributed by atoms with van der Waals surface area (Å²) in [4.78, 5) is 37.0. The maximum absolute atomic E-state index is 12.5. The van der Waals surface area contributed by atoms with Crippen molar-refractivity contribution in [1.82, 2.24) is 9.78 Å². The fourth-order valence-electron chi connectivity index (χ4n) is 2.37. The Kier molecular flexibility index (Phi) is 5.73. The van der Waals surface area contributed by atoms with Crippen LogP contribution < -0.4 is 5.32 Å². The second-order valence-corrected chi connectivity index (χ2v) is 6.72. The summed E-state index contributed by atoms with van der Waals surface area (Å²) in [5, 5.41) is 7.19. The number of nitrogens with zero attached hydrogens (tertiary/aromatic N) is 2. The third-order valence-corrected chi connectivity index (χ3v) is 5.00. The van der Waals surface area contributed by atoms with Crippen molar-refractivity contribution in [2.45, 2.75) is 40.7 Å². The average molecular weight is 363 g/mol. The van der Waals surface area contributed by atoms with E-state index in [1.807, 2.05) is 6.92 Å². The van der Waals surface area contributed by atoms with Crippen LogP contribution in [0.3, 0.4) is 0 Å². The topological polar surface area (TPSA) is 90.3 Å². The number of carbonyl (C=O) groups is 3. The van der Waals surface area contributed by atoms with Gasteiger partial charge in [-0.05, 0) is 45.7 Å². The average Bonchev–Trinajstić information content (AvgIpc) is 3.10. The van der Waals surface area contributed by atoms with Crippen LogP contribution in [0.25, 0.3) is 0 Å². The third-order valence-electron chi connectivity index (χ3n) is 3.69. The van der Waals surface area contributed by atoms with Gasteiger partial charge in [0.2, 0.25) is 5.91 Å². The zero-order valence-corrected chi connectivity index (χ0v) is 15.7. The van der Waals surface area contributed by atoms with Crippen molar-refractivity contribution >= 4 is 34.0 Å². The molecule has 2 rings (SSSR count). The minimum atomic E-state index is -0.563. The quantitative estimate of drug-likeness (QED) is 0.629. The number of thiophene rings is 1. The molecule has 134 valence electrons. The summed E-state index contributed by atoms with van der Waals surface area (Å²) in [5.41, 5.74) is 1.70. The lowest BCUT2D eigenvalue weighted by atomic mass is 10.1. The summed E-state index contributed by atoms with van der Waals surface area (Å²) in [5.74, 6) is -1.05. The highest BCUT2D eigenvalue weighted by molar-refractivity contribution is 7.18. The molecule has 0 spiro atoms. The summed E-state index contributed by atoms with van der Waals surface area (Å²) < 4.78 is 6.60. The van der Waals surface area contributed by atoms with Gasteiger partial charge in [-0.3, -0.25) is 14.3 Å². The molecule has 0 radical (unpaired) electrons. The molecule has 8 heteroatoms. The molecule has 2 heterocycles. The number of Topliss-reactive ketones (excluding diaryl/α,β-unsaturated/α-hetero) is 1. The van der Waals surface area contributed by atoms with Crippen molar-refractivity contribution < 1.29 is 19.1 Å². The molecule has 0 bridgehead atoms. The number of aryl methyl sites for hydroxylation is 1. The second kappa shape index (κ2) is 7.60. The number of aromatic nitrogens is 2. The fourth-order valence-corrected chi connectivity index (χ4v) is 3.46. The predicted molar refractivity (Wildman–Crippen MR) is 95.3 cm³/mol. The van der Waals surface area contributed by atoms with Crippen LogP contribution >= 0.6 is 11.3 Å². The summed E-state index contributed by atoms with van der Waals surface area (Å²) in [6.07, 6.45) is 3.42. The van der Waals surface area contributed by atoms with Gasteiger partial charge in [0.1, 0.15) is 11.0 Å². The van der Waals surface area contributed by atoms with Crippen molar-refractivity contribution in [3.8, 4) is 0 Å². The first kappa shape index (κ1) is 18.9. The molecule has 1 N–H and O–H groups in total. The van der Waals surface area contributed by atoms with Gasteiger partial charge in [-0.25, -0.2) is 4.79 Å². The number of rotatable bonds is 6. The fraction of sp³-hybridized carbons (Fsp3) is 0.412. The number of ether oxygens (including phenoxy) is 1. The molecule has 2 aromatic heterocycles. The second-order valence-electron chi connectivity index (χ2n) is 5.70. The molecule has 2 aromatic rings. The lowest BCUT2D eigenvalue weighted by Gasteiger charge is -2.13. The van der Waals surface area contributed by atoms with E-state index >= 15 is 0 Å². The van der Waals surface area contributed by atoms with E-state index in [1.165, 1.54) is 6.92 Å². The Hall–Kier alpha value is -2.48. The van der Waals surface area contributed by atoms with Gasteiger partial charge in [-0.1, -0.05) is 0 Å². The van der Waals surface area contributed by atoms with Crippen molar-refractivity contribution in [3.63, 3.8) is 0 Å². The standard InChI is InChI=1S/C17H21N3O4S/c1-6-24-17(23)13-10(3)14(12(5)21)25-16(13)19-15(22)11(4)20-8-9(2)7-18-20/h7-8,11H,6H2,1-5H3,(H,19,22). The van der Waals surface area contributed by atoms with Crippen LogP contribution in [0, 0.1) is 13.8 Å². The molecule has 7 nitrogen and oxygen atoms in total. The Balaban J connectivity index is 2.34.